The lowest BCUT2D eigenvalue weighted by Gasteiger charge is -2.31. The minimum atomic E-state index is -3.25. The molecular weight excluding hydrogens is 358 g/mol. The van der Waals surface area contributed by atoms with E-state index in [-0.39, 0.29) is 6.04 Å². The van der Waals surface area contributed by atoms with Crippen molar-refractivity contribution >= 4 is 61.8 Å². The first kappa shape index (κ1) is 16.0. The summed E-state index contributed by atoms with van der Waals surface area (Å²) in [4.78, 5) is 5.77. The van der Waals surface area contributed by atoms with E-state index >= 15 is 0 Å². The molecule has 2 aliphatic rings. The third kappa shape index (κ3) is 2.82. The Bertz CT molecular complexity index is 763. The van der Waals surface area contributed by atoms with Crippen LogP contribution in [0.5, 0.6) is 0 Å². The molecule has 2 aliphatic heterocycles. The van der Waals surface area contributed by atoms with Crippen molar-refractivity contribution < 1.29 is 8.42 Å². The van der Waals surface area contributed by atoms with Gasteiger partial charge in [-0.15, -0.1) is 11.8 Å². The van der Waals surface area contributed by atoms with E-state index in [0.717, 1.165) is 22.9 Å². The number of thioether (sulfide) groups is 1. The number of sulfone groups is 1. The summed E-state index contributed by atoms with van der Waals surface area (Å²) in [5, 5.41) is 0.657. The van der Waals surface area contributed by atoms with Crippen molar-refractivity contribution in [3.63, 3.8) is 0 Å². The van der Waals surface area contributed by atoms with Gasteiger partial charge in [0.15, 0.2) is 14.9 Å². The molecule has 0 radical (unpaired) electrons. The molecule has 0 saturated carbocycles. The topological polar surface area (TPSA) is 66.6 Å². The van der Waals surface area contributed by atoms with Gasteiger partial charge in [0, 0.05) is 23.4 Å². The highest BCUT2D eigenvalue weighted by Crippen LogP contribution is 2.41. The number of hydrogen-bond donors (Lipinski definition) is 1. The molecule has 1 unspecified atom stereocenters. The maximum Gasteiger partial charge on any atom is 0.176 e. The number of rotatable bonds is 3. The average Bonchev–Trinajstić information content (AvgIpc) is 2.73. The van der Waals surface area contributed by atoms with Crippen LogP contribution in [0, 0.1) is 0 Å². The number of thiocarbonyl (C=S) groups is 2. The summed E-state index contributed by atoms with van der Waals surface area (Å²) >= 11 is 12.2. The van der Waals surface area contributed by atoms with Gasteiger partial charge < -0.3 is 15.5 Å². The predicted octanol–water partition coefficient (Wildman–Crippen LogP) is 1.26. The molecule has 1 saturated heterocycles. The fourth-order valence-corrected chi connectivity index (χ4v) is 4.97. The molecule has 0 bridgehead atoms. The quantitative estimate of drug-likeness (QED) is 0.795. The van der Waals surface area contributed by atoms with Gasteiger partial charge in [0.25, 0.3) is 0 Å². The molecule has 22 heavy (non-hydrogen) atoms. The van der Waals surface area contributed by atoms with Crippen LogP contribution in [0.15, 0.2) is 28.0 Å². The van der Waals surface area contributed by atoms with Crippen molar-refractivity contribution in [3.05, 3.63) is 18.2 Å². The normalized spacial score (nSPS) is 20.8. The molecule has 0 aromatic heterocycles. The van der Waals surface area contributed by atoms with Crippen molar-refractivity contribution in [2.75, 3.05) is 30.0 Å². The number of nitrogens with zero attached hydrogens (tertiary/aromatic N) is 2. The van der Waals surface area contributed by atoms with Crippen LogP contribution in [0.2, 0.25) is 0 Å². The maximum absolute atomic E-state index is 11.8. The Morgan fingerprint density at radius 3 is 2.86 bits per heavy atom. The number of benzene rings is 1. The SMILES string of the molecule is CS(=O)(=O)c1ccc2c(c1)N1C(=S)N(CC(N)=S)CC1CS2. The monoisotopic (exact) mass is 373 g/mol. The molecule has 2 heterocycles. The van der Waals surface area contributed by atoms with Crippen LogP contribution in [0.1, 0.15) is 0 Å². The van der Waals surface area contributed by atoms with Gasteiger partial charge in [-0.3, -0.25) is 0 Å². The van der Waals surface area contributed by atoms with Crippen molar-refractivity contribution in [2.45, 2.75) is 15.8 Å². The summed E-state index contributed by atoms with van der Waals surface area (Å²) in [6, 6.07) is 5.42. The Morgan fingerprint density at radius 2 is 2.23 bits per heavy atom. The smallest absolute Gasteiger partial charge is 0.176 e. The van der Waals surface area contributed by atoms with Gasteiger partial charge >= 0.3 is 0 Å². The highest BCUT2D eigenvalue weighted by atomic mass is 32.2. The first-order chi connectivity index (χ1) is 10.3. The van der Waals surface area contributed by atoms with Crippen LogP contribution >= 0.6 is 36.2 Å². The zero-order chi connectivity index (χ0) is 16.1. The lowest BCUT2D eigenvalue weighted by atomic mass is 10.2. The standard InChI is InChI=1S/C13H15N3O2S4/c1-22(17,18)9-2-3-11-10(4-9)16-8(7-21-11)5-15(13(16)20)6-12(14)19/h2-4,8H,5-7H2,1H3,(H2,14,19). The van der Waals surface area contributed by atoms with Gasteiger partial charge in [-0.05, 0) is 30.4 Å². The van der Waals surface area contributed by atoms with Crippen LogP contribution in [-0.4, -0.2) is 54.6 Å². The molecule has 2 N–H and O–H groups in total. The van der Waals surface area contributed by atoms with E-state index in [4.69, 9.17) is 30.2 Å². The highest BCUT2D eigenvalue weighted by molar-refractivity contribution is 7.99. The van der Waals surface area contributed by atoms with E-state index in [9.17, 15) is 8.42 Å². The van der Waals surface area contributed by atoms with Gasteiger partial charge in [0.05, 0.1) is 28.2 Å². The molecule has 5 nitrogen and oxygen atoms in total. The van der Waals surface area contributed by atoms with Gasteiger partial charge in [-0.2, -0.15) is 0 Å². The van der Waals surface area contributed by atoms with Crippen LogP contribution in [0.25, 0.3) is 0 Å². The Kier molecular flexibility index (Phi) is 4.09. The van der Waals surface area contributed by atoms with Crippen LogP contribution < -0.4 is 10.6 Å². The Labute approximate surface area is 144 Å². The average molecular weight is 374 g/mol. The third-order valence-corrected chi connectivity index (χ3v) is 6.57. The molecule has 1 aromatic carbocycles. The van der Waals surface area contributed by atoms with E-state index < -0.39 is 9.84 Å². The second kappa shape index (κ2) is 5.63. The van der Waals surface area contributed by atoms with E-state index in [0.29, 0.717) is 21.5 Å². The molecule has 9 heteroatoms. The number of fused-ring (bicyclic) bond motifs is 3. The number of hydrogen-bond acceptors (Lipinski definition) is 5. The zero-order valence-corrected chi connectivity index (χ0v) is 15.1. The van der Waals surface area contributed by atoms with Gasteiger partial charge in [-0.25, -0.2) is 8.42 Å². The van der Waals surface area contributed by atoms with Crippen LogP contribution in [0.4, 0.5) is 5.69 Å². The van der Waals surface area contributed by atoms with Crippen molar-refractivity contribution in [1.29, 1.82) is 0 Å². The Morgan fingerprint density at radius 1 is 1.50 bits per heavy atom. The lowest BCUT2D eigenvalue weighted by Crippen LogP contribution is -2.39. The minimum absolute atomic E-state index is 0.217. The van der Waals surface area contributed by atoms with Crippen molar-refractivity contribution in [1.82, 2.24) is 4.90 Å². The second-order valence-electron chi connectivity index (χ2n) is 5.37. The van der Waals surface area contributed by atoms with E-state index in [2.05, 4.69) is 0 Å². The van der Waals surface area contributed by atoms with Crippen molar-refractivity contribution in [3.8, 4) is 0 Å². The molecule has 1 atom stereocenters. The number of anilines is 1. The highest BCUT2D eigenvalue weighted by Gasteiger charge is 2.39. The zero-order valence-electron chi connectivity index (χ0n) is 11.9. The predicted molar refractivity (Wildman–Crippen MR) is 97.5 cm³/mol. The molecule has 0 amide bonds. The summed E-state index contributed by atoms with van der Waals surface area (Å²) in [5.41, 5.74) is 6.49. The van der Waals surface area contributed by atoms with E-state index in [1.54, 1.807) is 23.9 Å². The van der Waals surface area contributed by atoms with Gasteiger partial charge in [0.2, 0.25) is 0 Å². The lowest BCUT2D eigenvalue weighted by molar-refractivity contribution is 0.503. The molecule has 0 aliphatic carbocycles. The molecular formula is C13H15N3O2S4. The van der Waals surface area contributed by atoms with E-state index in [1.165, 1.54) is 6.26 Å². The molecule has 0 spiro atoms. The van der Waals surface area contributed by atoms with Gasteiger partial charge in [-0.1, -0.05) is 12.2 Å². The summed E-state index contributed by atoms with van der Waals surface area (Å²) in [5.74, 6) is 0.902. The fourth-order valence-electron chi connectivity index (χ4n) is 2.69. The molecule has 118 valence electrons. The Balaban J connectivity index is 2.01. The van der Waals surface area contributed by atoms with Crippen LogP contribution in [-0.2, 0) is 9.84 Å². The maximum atomic E-state index is 11.8. The first-order valence-corrected chi connectivity index (χ1v) is 10.3. The van der Waals surface area contributed by atoms with Crippen LogP contribution in [0.3, 0.4) is 0 Å². The largest absolute Gasteiger partial charge is 0.392 e. The first-order valence-electron chi connectivity index (χ1n) is 6.60. The Hall–Kier alpha value is -0.900. The minimum Gasteiger partial charge on any atom is -0.392 e. The van der Waals surface area contributed by atoms with E-state index in [1.807, 2.05) is 15.9 Å². The summed E-state index contributed by atoms with van der Waals surface area (Å²) in [6.07, 6.45) is 1.21. The van der Waals surface area contributed by atoms with Gasteiger partial charge in [0.1, 0.15) is 0 Å². The second-order valence-corrected chi connectivity index (χ2v) is 9.33. The molecule has 1 aromatic rings. The third-order valence-electron chi connectivity index (χ3n) is 3.67. The summed E-state index contributed by atoms with van der Waals surface area (Å²) < 4.78 is 23.6. The molecule has 3 rings (SSSR count). The number of nitrogens with two attached hydrogens (primary N) is 1. The summed E-state index contributed by atoms with van der Waals surface area (Å²) in [6.45, 7) is 1.21. The summed E-state index contributed by atoms with van der Waals surface area (Å²) in [7, 11) is -3.25. The molecule has 1 fully saturated rings. The fraction of sp³-hybridized carbons (Fsp3) is 0.385. The van der Waals surface area contributed by atoms with Crippen molar-refractivity contribution in [2.24, 2.45) is 5.73 Å².